The van der Waals surface area contributed by atoms with Gasteiger partial charge in [0.1, 0.15) is 42.9 Å². The Bertz CT molecular complexity index is 974. The van der Waals surface area contributed by atoms with E-state index in [2.05, 4.69) is 22.6 Å². The molecule has 0 amide bonds. The van der Waals surface area contributed by atoms with Gasteiger partial charge in [-0.05, 0) is 12.8 Å². The van der Waals surface area contributed by atoms with Crippen molar-refractivity contribution in [3.8, 4) is 0 Å². The minimum atomic E-state index is -5.89. The van der Waals surface area contributed by atoms with Crippen LogP contribution in [-0.2, 0) is 55.0 Å². The number of unbranched alkanes of at least 4 members (excludes halogenated alkanes) is 3. The number of rotatable bonds is 17. The van der Waals surface area contributed by atoms with E-state index in [1.54, 1.807) is 0 Å². The highest BCUT2D eigenvalue weighted by molar-refractivity contribution is 7.47. The van der Waals surface area contributed by atoms with Crippen molar-refractivity contribution in [2.24, 2.45) is 0 Å². The van der Waals surface area contributed by atoms with E-state index in [4.69, 9.17) is 4.74 Å². The smallest absolute Gasteiger partial charge is 0.373 e. The number of phosphoric acid groups is 5. The standard InChI is InChI=1S/C12H27O22P5/c13-5-3-1-2-4-6-29-7-8(30-35(14,15)16)10(32-37(20,21)22)12(34-39(26,27)28)11(33-38(23,24)25)9(7)31-36(17,18)19/h5,7-12H,1-4,6H2,(H2,14,15,16)(H2,17,18,19)(H2,20,21,22)(H2,23,24,25)(H2,26,27,28)/t7-,8-,9+,10-,11-,12-/m0/s1. The maximum absolute atomic E-state index is 11.7. The van der Waals surface area contributed by atoms with Crippen molar-refractivity contribution in [2.45, 2.75) is 62.3 Å². The largest absolute Gasteiger partial charge is 0.470 e. The van der Waals surface area contributed by atoms with Crippen molar-refractivity contribution in [1.82, 2.24) is 0 Å². The summed E-state index contributed by atoms with van der Waals surface area (Å²) in [5, 5.41) is 0. The number of aldehydes is 1. The SMILES string of the molecule is O=CCCCCCO[C@@H]1[C@@H](OP(=O)(O)O)[C@H](OP(=O)(O)O)[C@@H](OP(=O)(O)O)[C@@H](OP(=O)(O)O)[C@H]1OP(=O)(O)O. The van der Waals surface area contributed by atoms with E-state index in [1.807, 2.05) is 0 Å². The number of phosphoric ester groups is 5. The van der Waals surface area contributed by atoms with E-state index < -0.39 is 82.3 Å². The molecule has 39 heavy (non-hydrogen) atoms. The van der Waals surface area contributed by atoms with Crippen LogP contribution in [0, 0.1) is 0 Å². The number of hydrogen-bond donors (Lipinski definition) is 10. The van der Waals surface area contributed by atoms with Gasteiger partial charge in [-0.25, -0.2) is 22.8 Å². The zero-order chi connectivity index (χ0) is 30.4. The van der Waals surface area contributed by atoms with E-state index in [-0.39, 0.29) is 19.3 Å². The van der Waals surface area contributed by atoms with Crippen molar-refractivity contribution in [2.75, 3.05) is 6.61 Å². The van der Waals surface area contributed by atoms with Crippen molar-refractivity contribution in [1.29, 1.82) is 0 Å². The molecule has 232 valence electrons. The van der Waals surface area contributed by atoms with E-state index >= 15 is 0 Å². The average molecular weight is 678 g/mol. The molecule has 0 aromatic rings. The lowest BCUT2D eigenvalue weighted by molar-refractivity contribution is -0.218. The van der Waals surface area contributed by atoms with Crippen LogP contribution in [0.4, 0.5) is 0 Å². The van der Waals surface area contributed by atoms with Gasteiger partial charge >= 0.3 is 39.1 Å². The second-order valence-corrected chi connectivity index (χ2v) is 13.6. The topological polar surface area (TPSA) is 360 Å². The number of hydrogen-bond acceptors (Lipinski definition) is 12. The van der Waals surface area contributed by atoms with Crippen molar-refractivity contribution in [3.05, 3.63) is 0 Å². The van der Waals surface area contributed by atoms with E-state index in [0.717, 1.165) is 0 Å². The lowest BCUT2D eigenvalue weighted by atomic mass is 9.85. The molecule has 1 aliphatic carbocycles. The van der Waals surface area contributed by atoms with E-state index in [9.17, 15) is 76.6 Å². The van der Waals surface area contributed by atoms with Gasteiger partial charge in [0, 0.05) is 13.0 Å². The van der Waals surface area contributed by atoms with E-state index in [0.29, 0.717) is 12.7 Å². The maximum atomic E-state index is 11.7. The van der Waals surface area contributed by atoms with Crippen LogP contribution in [0.1, 0.15) is 25.7 Å². The third-order valence-corrected chi connectivity index (χ3v) is 7.10. The molecule has 1 aliphatic rings. The minimum absolute atomic E-state index is 0.0199. The predicted octanol–water partition coefficient (Wildman–Crippen LogP) is -1.47. The molecule has 0 aromatic heterocycles. The van der Waals surface area contributed by atoms with Gasteiger partial charge in [-0.3, -0.25) is 22.6 Å². The summed E-state index contributed by atoms with van der Waals surface area (Å²) in [6.07, 6.45) is -15.0. The van der Waals surface area contributed by atoms with Crippen LogP contribution >= 0.6 is 39.1 Å². The molecule has 1 rings (SSSR count). The molecular formula is C12H27O22P5. The van der Waals surface area contributed by atoms with Gasteiger partial charge < -0.3 is 58.5 Å². The van der Waals surface area contributed by atoms with Gasteiger partial charge in [-0.15, -0.1) is 0 Å². The first-order valence-electron chi connectivity index (χ1n) is 10.2. The first-order chi connectivity index (χ1) is 17.4. The van der Waals surface area contributed by atoms with Crippen LogP contribution in [0.2, 0.25) is 0 Å². The first-order valence-corrected chi connectivity index (χ1v) is 17.8. The Hall–Kier alpha value is 0.180. The fourth-order valence-electron chi connectivity index (χ4n) is 3.43. The second kappa shape index (κ2) is 14.6. The van der Waals surface area contributed by atoms with Gasteiger partial charge in [-0.2, -0.15) is 0 Å². The Morgan fingerprint density at radius 3 is 1.00 bits per heavy atom. The summed E-state index contributed by atoms with van der Waals surface area (Å²) in [7, 11) is -29.2. The number of carbonyl (C=O) groups is 1. The molecule has 10 N–H and O–H groups in total. The number of carbonyl (C=O) groups excluding carboxylic acids is 1. The Labute approximate surface area is 218 Å². The molecule has 0 spiro atoms. The summed E-state index contributed by atoms with van der Waals surface area (Å²) in [5.74, 6) is 0. The molecule has 1 saturated carbocycles. The monoisotopic (exact) mass is 678 g/mol. The number of ether oxygens (including phenoxy) is 1. The molecule has 0 unspecified atom stereocenters. The Kier molecular flexibility index (Phi) is 13.9. The fourth-order valence-corrected chi connectivity index (χ4v) is 6.22. The van der Waals surface area contributed by atoms with Gasteiger partial charge in [0.2, 0.25) is 0 Å². The molecule has 0 aromatic carbocycles. The third kappa shape index (κ3) is 15.3. The van der Waals surface area contributed by atoms with Gasteiger partial charge in [0.25, 0.3) is 0 Å². The predicted molar refractivity (Wildman–Crippen MR) is 119 cm³/mol. The molecule has 0 heterocycles. The van der Waals surface area contributed by atoms with Gasteiger partial charge in [0.15, 0.2) is 0 Å². The highest BCUT2D eigenvalue weighted by Crippen LogP contribution is 2.55. The van der Waals surface area contributed by atoms with Gasteiger partial charge in [0.05, 0.1) is 0 Å². The van der Waals surface area contributed by atoms with Crippen LogP contribution in [0.25, 0.3) is 0 Å². The van der Waals surface area contributed by atoms with Crippen LogP contribution in [0.15, 0.2) is 0 Å². The summed E-state index contributed by atoms with van der Waals surface area (Å²) < 4.78 is 85.4. The Morgan fingerprint density at radius 2 is 0.744 bits per heavy atom. The summed E-state index contributed by atoms with van der Waals surface area (Å²) in [6, 6.07) is 0. The zero-order valence-corrected chi connectivity index (χ0v) is 23.7. The maximum Gasteiger partial charge on any atom is 0.470 e. The normalized spacial score (nSPS) is 27.4. The molecule has 22 nitrogen and oxygen atoms in total. The summed E-state index contributed by atoms with van der Waals surface area (Å²) in [6.45, 7) is -0.527. The summed E-state index contributed by atoms with van der Waals surface area (Å²) in [5.41, 5.74) is 0. The zero-order valence-electron chi connectivity index (χ0n) is 19.2. The van der Waals surface area contributed by atoms with Crippen LogP contribution in [0.3, 0.4) is 0 Å². The molecule has 0 radical (unpaired) electrons. The van der Waals surface area contributed by atoms with Crippen molar-refractivity contribution in [3.63, 3.8) is 0 Å². The minimum Gasteiger partial charge on any atom is -0.373 e. The Morgan fingerprint density at radius 1 is 0.462 bits per heavy atom. The quantitative estimate of drug-likeness (QED) is 0.0477. The van der Waals surface area contributed by atoms with Crippen LogP contribution in [0.5, 0.6) is 0 Å². The Balaban J connectivity index is 3.80. The van der Waals surface area contributed by atoms with Crippen molar-refractivity contribution >= 4 is 45.4 Å². The summed E-state index contributed by atoms with van der Waals surface area (Å²) >= 11 is 0. The highest BCUT2D eigenvalue weighted by Gasteiger charge is 2.61. The highest BCUT2D eigenvalue weighted by atomic mass is 31.2. The van der Waals surface area contributed by atoms with Gasteiger partial charge in [-0.1, -0.05) is 6.42 Å². The molecule has 6 atom stereocenters. The lowest BCUT2D eigenvalue weighted by Crippen LogP contribution is -2.66. The van der Waals surface area contributed by atoms with E-state index in [1.165, 1.54) is 0 Å². The average Bonchev–Trinajstić information content (AvgIpc) is 2.67. The molecular weight excluding hydrogens is 651 g/mol. The van der Waals surface area contributed by atoms with Crippen LogP contribution < -0.4 is 0 Å². The fraction of sp³-hybridized carbons (Fsp3) is 0.917. The summed E-state index contributed by atoms with van der Waals surface area (Å²) in [4.78, 5) is 104. The molecule has 0 aliphatic heterocycles. The van der Waals surface area contributed by atoms with Crippen LogP contribution in [-0.4, -0.2) is 98.5 Å². The first kappa shape index (κ1) is 37.2. The molecule has 27 heteroatoms. The third-order valence-electron chi connectivity index (χ3n) is 4.51. The lowest BCUT2D eigenvalue weighted by Gasteiger charge is -2.48. The molecule has 0 saturated heterocycles. The second-order valence-electron chi connectivity index (χ2n) is 7.65. The van der Waals surface area contributed by atoms with Crippen molar-refractivity contribution < 1.29 is 104 Å². The molecule has 0 bridgehead atoms. The molecule has 1 fully saturated rings.